The van der Waals surface area contributed by atoms with E-state index in [1.165, 1.54) is 0 Å². The van der Waals surface area contributed by atoms with Gasteiger partial charge < -0.3 is 16.4 Å². The van der Waals surface area contributed by atoms with E-state index in [2.05, 4.69) is 11.8 Å². The van der Waals surface area contributed by atoms with Crippen molar-refractivity contribution in [2.75, 3.05) is 18.0 Å². The number of rotatable bonds is 3. The quantitative estimate of drug-likeness (QED) is 0.847. The predicted molar refractivity (Wildman–Crippen MR) is 73.5 cm³/mol. The van der Waals surface area contributed by atoms with Crippen molar-refractivity contribution in [3.63, 3.8) is 0 Å². The summed E-state index contributed by atoms with van der Waals surface area (Å²) in [5.41, 5.74) is 13.0. The van der Waals surface area contributed by atoms with Crippen LogP contribution in [0.25, 0.3) is 0 Å². The number of hydrogen-bond donors (Lipinski definition) is 2. The monoisotopic (exact) mass is 247 g/mol. The minimum absolute atomic E-state index is 0.316. The minimum atomic E-state index is -0.381. The van der Waals surface area contributed by atoms with Gasteiger partial charge >= 0.3 is 0 Å². The number of nitrogens with two attached hydrogens (primary N) is 2. The van der Waals surface area contributed by atoms with Gasteiger partial charge in [-0.05, 0) is 36.6 Å². The van der Waals surface area contributed by atoms with Crippen LogP contribution in [0.3, 0.4) is 0 Å². The first-order valence-electron chi connectivity index (χ1n) is 6.52. The highest BCUT2D eigenvalue weighted by Gasteiger charge is 2.25. The second-order valence-electron chi connectivity index (χ2n) is 4.98. The molecule has 4 N–H and O–H groups in total. The van der Waals surface area contributed by atoms with Crippen LogP contribution in [0.2, 0.25) is 0 Å². The molecule has 1 aromatic rings. The Hall–Kier alpha value is -1.55. The van der Waals surface area contributed by atoms with Crippen molar-refractivity contribution in [3.05, 3.63) is 29.8 Å². The van der Waals surface area contributed by atoms with E-state index in [1.54, 1.807) is 12.1 Å². The fraction of sp³-hybridized carbons (Fsp3) is 0.500. The van der Waals surface area contributed by atoms with Crippen molar-refractivity contribution < 1.29 is 4.79 Å². The summed E-state index contributed by atoms with van der Waals surface area (Å²) in [6.45, 7) is 4.16. The summed E-state index contributed by atoms with van der Waals surface area (Å²) in [7, 11) is 0. The molecule has 18 heavy (non-hydrogen) atoms. The van der Waals surface area contributed by atoms with Gasteiger partial charge in [0.05, 0.1) is 0 Å². The third kappa shape index (κ3) is 2.64. The largest absolute Gasteiger partial charge is 0.371 e. The van der Waals surface area contributed by atoms with E-state index in [1.807, 2.05) is 12.1 Å². The molecule has 1 heterocycles. The molecule has 0 bridgehead atoms. The lowest BCUT2D eigenvalue weighted by Crippen LogP contribution is -2.46. The number of carbonyl (C=O) groups excluding carboxylic acids is 1. The van der Waals surface area contributed by atoms with E-state index >= 15 is 0 Å². The van der Waals surface area contributed by atoms with Crippen molar-refractivity contribution in [1.82, 2.24) is 0 Å². The molecule has 1 fully saturated rings. The topological polar surface area (TPSA) is 72.3 Å². The Morgan fingerprint density at radius 1 is 1.39 bits per heavy atom. The van der Waals surface area contributed by atoms with E-state index in [0.29, 0.717) is 17.5 Å². The average molecular weight is 247 g/mol. The van der Waals surface area contributed by atoms with Gasteiger partial charge in [-0.25, -0.2) is 0 Å². The molecule has 2 rings (SSSR count). The van der Waals surface area contributed by atoms with Gasteiger partial charge in [0.15, 0.2) is 0 Å². The third-order valence-corrected chi connectivity index (χ3v) is 3.83. The van der Waals surface area contributed by atoms with Gasteiger partial charge in [0.25, 0.3) is 0 Å². The number of piperidine rings is 1. The molecule has 1 aliphatic rings. The first-order chi connectivity index (χ1) is 8.61. The molecule has 0 spiro atoms. The molecular weight excluding hydrogens is 226 g/mol. The Kier molecular flexibility index (Phi) is 3.87. The van der Waals surface area contributed by atoms with Crippen LogP contribution in [-0.4, -0.2) is 25.0 Å². The van der Waals surface area contributed by atoms with Gasteiger partial charge in [-0.1, -0.05) is 13.3 Å². The van der Waals surface area contributed by atoms with Crippen LogP contribution in [0.5, 0.6) is 0 Å². The molecule has 1 saturated heterocycles. The van der Waals surface area contributed by atoms with E-state index in [4.69, 9.17) is 11.5 Å². The number of hydrogen-bond acceptors (Lipinski definition) is 3. The van der Waals surface area contributed by atoms with Crippen LogP contribution in [0.1, 0.15) is 30.1 Å². The molecule has 98 valence electrons. The summed E-state index contributed by atoms with van der Waals surface area (Å²) < 4.78 is 0. The molecule has 0 aromatic heterocycles. The number of nitrogens with zero attached hydrogens (tertiary/aromatic N) is 1. The summed E-state index contributed by atoms with van der Waals surface area (Å²) >= 11 is 0. The van der Waals surface area contributed by atoms with Crippen molar-refractivity contribution in [3.8, 4) is 0 Å². The molecular formula is C14H21N3O. The highest BCUT2D eigenvalue weighted by Crippen LogP contribution is 2.24. The highest BCUT2D eigenvalue weighted by atomic mass is 16.1. The van der Waals surface area contributed by atoms with E-state index < -0.39 is 0 Å². The zero-order chi connectivity index (χ0) is 13.1. The molecule has 4 nitrogen and oxygen atoms in total. The standard InChI is InChI=1S/C14H21N3O/c1-2-10-9-17(8-7-13(10)15)12-5-3-11(4-6-12)14(16)18/h3-6,10,13H,2,7-9,15H2,1H3,(H2,16,18). The van der Waals surface area contributed by atoms with E-state index in [-0.39, 0.29) is 5.91 Å². The summed E-state index contributed by atoms with van der Waals surface area (Å²) in [5.74, 6) is 0.170. The van der Waals surface area contributed by atoms with Crippen molar-refractivity contribution in [1.29, 1.82) is 0 Å². The molecule has 0 aliphatic carbocycles. The Morgan fingerprint density at radius 2 is 2.06 bits per heavy atom. The molecule has 1 aromatic carbocycles. The molecule has 0 radical (unpaired) electrons. The fourth-order valence-electron chi connectivity index (χ4n) is 2.55. The number of amides is 1. The predicted octanol–water partition coefficient (Wildman–Crippen LogP) is 1.35. The van der Waals surface area contributed by atoms with Crippen LogP contribution in [-0.2, 0) is 0 Å². The zero-order valence-electron chi connectivity index (χ0n) is 10.8. The maximum Gasteiger partial charge on any atom is 0.248 e. The second kappa shape index (κ2) is 5.40. The van der Waals surface area contributed by atoms with Gasteiger partial charge in [0, 0.05) is 30.4 Å². The first kappa shape index (κ1) is 12.9. The zero-order valence-corrected chi connectivity index (χ0v) is 10.8. The highest BCUT2D eigenvalue weighted by molar-refractivity contribution is 5.93. The molecule has 4 heteroatoms. The number of primary amides is 1. The van der Waals surface area contributed by atoms with Crippen LogP contribution in [0.15, 0.2) is 24.3 Å². The van der Waals surface area contributed by atoms with E-state index in [0.717, 1.165) is 31.6 Å². The number of anilines is 1. The first-order valence-corrected chi connectivity index (χ1v) is 6.52. The van der Waals surface area contributed by atoms with Gasteiger partial charge in [-0.15, -0.1) is 0 Å². The van der Waals surface area contributed by atoms with Crippen LogP contribution in [0.4, 0.5) is 5.69 Å². The lowest BCUT2D eigenvalue weighted by molar-refractivity contribution is 0.100. The number of benzene rings is 1. The molecule has 2 unspecified atom stereocenters. The van der Waals surface area contributed by atoms with Crippen molar-refractivity contribution in [2.24, 2.45) is 17.4 Å². The molecule has 0 saturated carbocycles. The maximum absolute atomic E-state index is 11.0. The lowest BCUT2D eigenvalue weighted by atomic mass is 9.90. The Morgan fingerprint density at radius 3 is 2.61 bits per heavy atom. The SMILES string of the molecule is CCC1CN(c2ccc(C(N)=O)cc2)CCC1N. The van der Waals surface area contributed by atoms with Gasteiger partial charge in [-0.2, -0.15) is 0 Å². The lowest BCUT2D eigenvalue weighted by Gasteiger charge is -2.38. The summed E-state index contributed by atoms with van der Waals surface area (Å²) in [6.07, 6.45) is 2.13. The second-order valence-corrected chi connectivity index (χ2v) is 4.98. The van der Waals surface area contributed by atoms with Gasteiger partial charge in [0.1, 0.15) is 0 Å². The summed E-state index contributed by atoms with van der Waals surface area (Å²) in [5, 5.41) is 0. The van der Waals surface area contributed by atoms with Gasteiger partial charge in [0.2, 0.25) is 5.91 Å². The van der Waals surface area contributed by atoms with Crippen LogP contribution in [0, 0.1) is 5.92 Å². The normalized spacial score (nSPS) is 24.0. The van der Waals surface area contributed by atoms with Crippen LogP contribution < -0.4 is 16.4 Å². The van der Waals surface area contributed by atoms with Crippen molar-refractivity contribution >= 4 is 11.6 Å². The number of carbonyl (C=O) groups is 1. The summed E-state index contributed by atoms with van der Waals surface area (Å²) in [6, 6.07) is 7.81. The third-order valence-electron chi connectivity index (χ3n) is 3.83. The Balaban J connectivity index is 2.09. The molecule has 2 atom stereocenters. The Labute approximate surface area is 108 Å². The maximum atomic E-state index is 11.0. The fourth-order valence-corrected chi connectivity index (χ4v) is 2.55. The van der Waals surface area contributed by atoms with Crippen LogP contribution >= 0.6 is 0 Å². The molecule has 1 aliphatic heterocycles. The minimum Gasteiger partial charge on any atom is -0.371 e. The van der Waals surface area contributed by atoms with E-state index in [9.17, 15) is 4.79 Å². The van der Waals surface area contributed by atoms with Gasteiger partial charge in [-0.3, -0.25) is 4.79 Å². The Bertz CT molecular complexity index is 416. The molecule has 1 amide bonds. The smallest absolute Gasteiger partial charge is 0.248 e. The summed E-state index contributed by atoms with van der Waals surface area (Å²) in [4.78, 5) is 13.4. The van der Waals surface area contributed by atoms with Crippen molar-refractivity contribution in [2.45, 2.75) is 25.8 Å². The average Bonchev–Trinajstić information content (AvgIpc) is 2.39.